The molecule has 0 spiro atoms. The third-order valence-corrected chi connectivity index (χ3v) is 3.79. The summed E-state index contributed by atoms with van der Waals surface area (Å²) in [5.41, 5.74) is 1.02. The lowest BCUT2D eigenvalue weighted by Crippen LogP contribution is -2.49. The van der Waals surface area contributed by atoms with E-state index in [1.165, 1.54) is 6.07 Å². The lowest BCUT2D eigenvalue weighted by atomic mass is 10.1. The molecule has 5 heteroatoms. The lowest BCUT2D eigenvalue weighted by molar-refractivity contribution is 0.165. The highest BCUT2D eigenvalue weighted by Crippen LogP contribution is 2.20. The summed E-state index contributed by atoms with van der Waals surface area (Å²) in [5.74, 6) is -0.166. The van der Waals surface area contributed by atoms with Gasteiger partial charge < -0.3 is 5.32 Å². The van der Waals surface area contributed by atoms with Crippen LogP contribution in [-0.4, -0.2) is 30.6 Å². The van der Waals surface area contributed by atoms with Crippen molar-refractivity contribution in [2.75, 3.05) is 19.6 Å². The molecule has 1 aliphatic heterocycles. The molecule has 1 N–H and O–H groups in total. The summed E-state index contributed by atoms with van der Waals surface area (Å²) in [4.78, 5) is 2.37. The minimum absolute atomic E-state index is 0. The van der Waals surface area contributed by atoms with Gasteiger partial charge in [-0.3, -0.25) is 4.90 Å². The zero-order chi connectivity index (χ0) is 11.5. The summed E-state index contributed by atoms with van der Waals surface area (Å²) in [6, 6.07) is 5.37. The first kappa shape index (κ1) is 14.9. The van der Waals surface area contributed by atoms with Crippen LogP contribution < -0.4 is 5.32 Å². The monoisotopic (exact) mass is 322 g/mol. The summed E-state index contributed by atoms with van der Waals surface area (Å²) in [5, 5.41) is 3.35. The Morgan fingerprint density at radius 1 is 1.53 bits per heavy atom. The van der Waals surface area contributed by atoms with Gasteiger partial charge in [0.2, 0.25) is 0 Å². The van der Waals surface area contributed by atoms with Crippen LogP contribution in [0.25, 0.3) is 0 Å². The first-order valence-corrected chi connectivity index (χ1v) is 6.35. The van der Waals surface area contributed by atoms with Crippen molar-refractivity contribution in [3.8, 4) is 0 Å². The van der Waals surface area contributed by atoms with Gasteiger partial charge in [0.1, 0.15) is 5.82 Å². The van der Waals surface area contributed by atoms with E-state index in [-0.39, 0.29) is 18.2 Å². The van der Waals surface area contributed by atoms with Crippen molar-refractivity contribution in [1.82, 2.24) is 10.2 Å². The van der Waals surface area contributed by atoms with Crippen molar-refractivity contribution < 1.29 is 4.39 Å². The van der Waals surface area contributed by atoms with E-state index >= 15 is 0 Å². The first-order chi connectivity index (χ1) is 7.66. The molecule has 0 aliphatic carbocycles. The van der Waals surface area contributed by atoms with Gasteiger partial charge in [0.25, 0.3) is 0 Å². The number of halogens is 3. The molecule has 1 atom stereocenters. The van der Waals surface area contributed by atoms with E-state index in [4.69, 9.17) is 0 Å². The van der Waals surface area contributed by atoms with Crippen LogP contribution in [0.4, 0.5) is 4.39 Å². The van der Waals surface area contributed by atoms with Crippen LogP contribution in [0.15, 0.2) is 22.7 Å². The number of hydrogen-bond acceptors (Lipinski definition) is 2. The number of rotatable bonds is 2. The van der Waals surface area contributed by atoms with Crippen molar-refractivity contribution in [1.29, 1.82) is 0 Å². The van der Waals surface area contributed by atoms with E-state index in [2.05, 4.69) is 33.1 Å². The molecular formula is C12H17BrClFN2. The fourth-order valence-corrected chi connectivity index (χ4v) is 2.37. The Morgan fingerprint density at radius 3 is 3.00 bits per heavy atom. The van der Waals surface area contributed by atoms with Crippen molar-refractivity contribution in [3.63, 3.8) is 0 Å². The topological polar surface area (TPSA) is 15.3 Å². The SMILES string of the molecule is CC1CNCCN1Cc1cc(F)ccc1Br.Cl. The van der Waals surface area contributed by atoms with Gasteiger partial charge in [-0.25, -0.2) is 4.39 Å². The van der Waals surface area contributed by atoms with E-state index in [1.807, 2.05) is 0 Å². The summed E-state index contributed by atoms with van der Waals surface area (Å²) in [6.07, 6.45) is 0. The van der Waals surface area contributed by atoms with Crippen molar-refractivity contribution in [2.24, 2.45) is 0 Å². The molecule has 96 valence electrons. The van der Waals surface area contributed by atoms with Gasteiger partial charge in [-0.15, -0.1) is 12.4 Å². The first-order valence-electron chi connectivity index (χ1n) is 5.55. The molecule has 1 heterocycles. The molecule has 1 saturated heterocycles. The number of hydrogen-bond donors (Lipinski definition) is 1. The highest BCUT2D eigenvalue weighted by molar-refractivity contribution is 9.10. The van der Waals surface area contributed by atoms with Crippen LogP contribution in [0.5, 0.6) is 0 Å². The molecular weight excluding hydrogens is 307 g/mol. The summed E-state index contributed by atoms with van der Waals surface area (Å²) >= 11 is 3.47. The second kappa shape index (κ2) is 6.69. The zero-order valence-corrected chi connectivity index (χ0v) is 12.2. The molecule has 17 heavy (non-hydrogen) atoms. The second-order valence-corrected chi connectivity index (χ2v) is 5.11. The normalized spacial score (nSPS) is 21.0. The van der Waals surface area contributed by atoms with Crippen molar-refractivity contribution in [3.05, 3.63) is 34.1 Å². The molecule has 2 rings (SSSR count). The Bertz CT molecular complexity index is 376. The molecule has 0 bridgehead atoms. The third-order valence-electron chi connectivity index (χ3n) is 3.02. The van der Waals surface area contributed by atoms with Crippen molar-refractivity contribution in [2.45, 2.75) is 19.5 Å². The largest absolute Gasteiger partial charge is 0.314 e. The van der Waals surface area contributed by atoms with Gasteiger partial charge in [-0.05, 0) is 30.7 Å². The Labute approximate surface area is 116 Å². The summed E-state index contributed by atoms with van der Waals surface area (Å²) < 4.78 is 14.1. The van der Waals surface area contributed by atoms with Gasteiger partial charge in [0, 0.05) is 36.7 Å². The Hall–Kier alpha value is -0.160. The summed E-state index contributed by atoms with van der Waals surface area (Å²) in [6.45, 7) is 6.04. The van der Waals surface area contributed by atoms with Crippen LogP contribution in [-0.2, 0) is 6.54 Å². The van der Waals surface area contributed by atoms with Gasteiger partial charge in [-0.2, -0.15) is 0 Å². The van der Waals surface area contributed by atoms with Crippen LogP contribution in [0.2, 0.25) is 0 Å². The minimum Gasteiger partial charge on any atom is -0.314 e. The maximum Gasteiger partial charge on any atom is 0.123 e. The molecule has 1 fully saturated rings. The summed E-state index contributed by atoms with van der Waals surface area (Å²) in [7, 11) is 0. The van der Waals surface area contributed by atoms with E-state index in [0.717, 1.165) is 36.2 Å². The van der Waals surface area contributed by atoms with Gasteiger partial charge in [0.05, 0.1) is 0 Å². The molecule has 1 aliphatic rings. The molecule has 0 amide bonds. The van der Waals surface area contributed by atoms with Gasteiger partial charge in [0.15, 0.2) is 0 Å². The van der Waals surface area contributed by atoms with Gasteiger partial charge >= 0.3 is 0 Å². The fourth-order valence-electron chi connectivity index (χ4n) is 2.00. The lowest BCUT2D eigenvalue weighted by Gasteiger charge is -2.34. The number of nitrogens with zero attached hydrogens (tertiary/aromatic N) is 1. The van der Waals surface area contributed by atoms with E-state index in [0.29, 0.717) is 6.04 Å². The smallest absolute Gasteiger partial charge is 0.123 e. The van der Waals surface area contributed by atoms with E-state index < -0.39 is 0 Å². The predicted molar refractivity (Wildman–Crippen MR) is 74.1 cm³/mol. The van der Waals surface area contributed by atoms with Crippen LogP contribution >= 0.6 is 28.3 Å². The fraction of sp³-hybridized carbons (Fsp3) is 0.500. The standard InChI is InChI=1S/C12H16BrFN2.ClH/c1-9-7-15-4-5-16(9)8-10-6-11(14)2-3-12(10)13;/h2-3,6,9,15H,4-5,7-8H2,1H3;1H. The highest BCUT2D eigenvalue weighted by atomic mass is 79.9. The predicted octanol–water partition coefficient (Wildman–Crippen LogP) is 2.80. The molecule has 0 saturated carbocycles. The van der Waals surface area contributed by atoms with Crippen molar-refractivity contribution >= 4 is 28.3 Å². The van der Waals surface area contributed by atoms with Crippen LogP contribution in [0.3, 0.4) is 0 Å². The maximum atomic E-state index is 13.1. The second-order valence-electron chi connectivity index (χ2n) is 4.26. The molecule has 1 aromatic rings. The zero-order valence-electron chi connectivity index (χ0n) is 9.75. The number of piperazine rings is 1. The highest BCUT2D eigenvalue weighted by Gasteiger charge is 2.18. The Kier molecular flexibility index (Phi) is 5.86. The molecule has 1 unspecified atom stereocenters. The molecule has 0 radical (unpaired) electrons. The minimum atomic E-state index is -0.166. The van der Waals surface area contributed by atoms with E-state index in [1.54, 1.807) is 12.1 Å². The molecule has 0 aromatic heterocycles. The number of nitrogens with one attached hydrogen (secondary N) is 1. The number of benzene rings is 1. The van der Waals surface area contributed by atoms with Gasteiger partial charge in [-0.1, -0.05) is 15.9 Å². The quantitative estimate of drug-likeness (QED) is 0.900. The Morgan fingerprint density at radius 2 is 2.29 bits per heavy atom. The van der Waals surface area contributed by atoms with Crippen LogP contribution in [0, 0.1) is 5.82 Å². The van der Waals surface area contributed by atoms with Crippen LogP contribution in [0.1, 0.15) is 12.5 Å². The molecule has 1 aromatic carbocycles. The average molecular weight is 324 g/mol. The van der Waals surface area contributed by atoms with E-state index in [9.17, 15) is 4.39 Å². The Balaban J connectivity index is 0.00000144. The average Bonchev–Trinajstić information content (AvgIpc) is 2.27. The third kappa shape index (κ3) is 3.91. The maximum absolute atomic E-state index is 13.1. The molecule has 2 nitrogen and oxygen atoms in total.